The zero-order chi connectivity index (χ0) is 52.9. The number of unbranched alkanes of at least 4 members (excludes halogenated alkanes) is 34. The van der Waals surface area contributed by atoms with Crippen LogP contribution in [-0.2, 0) is 28.6 Å². The van der Waals surface area contributed by atoms with Crippen LogP contribution in [0.2, 0.25) is 0 Å². The number of carbonyl (C=O) groups excluding carboxylic acids is 3. The Morgan fingerprint density at radius 3 is 0.877 bits per heavy atom. The topological polar surface area (TPSA) is 78.9 Å². The predicted octanol–water partition coefficient (Wildman–Crippen LogP) is 21.3. The summed E-state index contributed by atoms with van der Waals surface area (Å²) in [6.45, 7) is 6.51. The molecular formula is C67H118O6. The number of rotatable bonds is 57. The summed E-state index contributed by atoms with van der Waals surface area (Å²) in [5, 5.41) is 0. The smallest absolute Gasteiger partial charge is 0.306 e. The Morgan fingerprint density at radius 1 is 0.288 bits per heavy atom. The molecule has 0 radical (unpaired) electrons. The van der Waals surface area contributed by atoms with Gasteiger partial charge in [-0.25, -0.2) is 0 Å². The minimum atomic E-state index is -0.796. The molecule has 1 atom stereocenters. The molecule has 0 aromatic carbocycles. The van der Waals surface area contributed by atoms with Crippen LogP contribution in [0.15, 0.2) is 72.9 Å². The number of ether oxygens (including phenoxy) is 3. The second-order valence-electron chi connectivity index (χ2n) is 20.9. The first kappa shape index (κ1) is 69.8. The van der Waals surface area contributed by atoms with E-state index >= 15 is 0 Å². The molecule has 422 valence electrons. The Balaban J connectivity index is 4.37. The van der Waals surface area contributed by atoms with Crippen molar-refractivity contribution in [1.82, 2.24) is 0 Å². The molecule has 6 heteroatoms. The van der Waals surface area contributed by atoms with Gasteiger partial charge in [-0.3, -0.25) is 14.4 Å². The zero-order valence-corrected chi connectivity index (χ0v) is 48.4. The molecule has 0 aliphatic heterocycles. The van der Waals surface area contributed by atoms with Crippen molar-refractivity contribution in [3.05, 3.63) is 72.9 Å². The predicted molar refractivity (Wildman–Crippen MR) is 316 cm³/mol. The van der Waals surface area contributed by atoms with E-state index in [-0.39, 0.29) is 31.1 Å². The molecule has 0 N–H and O–H groups in total. The number of allylic oxidation sites excluding steroid dienone is 12. The highest BCUT2D eigenvalue weighted by atomic mass is 16.6. The number of hydrogen-bond donors (Lipinski definition) is 0. The van der Waals surface area contributed by atoms with Gasteiger partial charge in [0.25, 0.3) is 0 Å². The Hall–Kier alpha value is -3.15. The molecule has 0 saturated carbocycles. The molecule has 0 aliphatic rings. The van der Waals surface area contributed by atoms with Gasteiger partial charge in [-0.1, -0.05) is 280 Å². The third-order valence-electron chi connectivity index (χ3n) is 13.7. The van der Waals surface area contributed by atoms with Crippen LogP contribution >= 0.6 is 0 Å². The largest absolute Gasteiger partial charge is 0.462 e. The fraction of sp³-hybridized carbons (Fsp3) is 0.776. The summed E-state index contributed by atoms with van der Waals surface area (Å²) in [4.78, 5) is 38.3. The van der Waals surface area contributed by atoms with E-state index in [1.807, 2.05) is 0 Å². The number of hydrogen-bond acceptors (Lipinski definition) is 6. The van der Waals surface area contributed by atoms with Crippen LogP contribution < -0.4 is 0 Å². The van der Waals surface area contributed by atoms with E-state index < -0.39 is 6.10 Å². The van der Waals surface area contributed by atoms with Crippen LogP contribution in [0.25, 0.3) is 0 Å². The van der Waals surface area contributed by atoms with Crippen LogP contribution in [0.5, 0.6) is 0 Å². The fourth-order valence-electron chi connectivity index (χ4n) is 9.00. The highest BCUT2D eigenvalue weighted by Gasteiger charge is 2.19. The van der Waals surface area contributed by atoms with Gasteiger partial charge in [0.2, 0.25) is 0 Å². The minimum absolute atomic E-state index is 0.0893. The summed E-state index contributed by atoms with van der Waals surface area (Å²) in [7, 11) is 0. The molecule has 0 saturated heterocycles. The lowest BCUT2D eigenvalue weighted by atomic mass is 10.0. The lowest BCUT2D eigenvalue weighted by molar-refractivity contribution is -0.167. The van der Waals surface area contributed by atoms with Crippen molar-refractivity contribution in [3.63, 3.8) is 0 Å². The van der Waals surface area contributed by atoms with Crippen LogP contribution in [0, 0.1) is 0 Å². The van der Waals surface area contributed by atoms with Crippen molar-refractivity contribution in [1.29, 1.82) is 0 Å². The van der Waals surface area contributed by atoms with Gasteiger partial charge in [0.05, 0.1) is 0 Å². The third kappa shape index (κ3) is 59.6. The first-order valence-corrected chi connectivity index (χ1v) is 31.4. The van der Waals surface area contributed by atoms with E-state index in [0.717, 1.165) is 96.3 Å². The standard InChI is InChI=1S/C67H118O6/c1-4-7-10-13-16-19-22-25-28-30-32-33-34-35-37-39-42-45-48-51-54-57-60-66(69)72-63-64(62-71-65(68)59-56-53-50-47-44-41-38-27-24-21-18-15-12-9-6-3)73-67(70)61-58-55-52-49-46-43-40-36-31-29-26-23-20-17-14-11-8-5-2/h9,12,18,20-21,23,27,29,31,38,44,47,64H,4-8,10-11,13-17,19,22,24-26,28,30,32-37,39-43,45-46,48-63H2,1-3H3/b12-9-,21-18-,23-20-,31-29-,38-27-,47-44-. The highest BCUT2D eigenvalue weighted by Crippen LogP contribution is 2.17. The summed E-state index contributed by atoms with van der Waals surface area (Å²) in [5.74, 6) is -0.926. The van der Waals surface area contributed by atoms with Crippen molar-refractivity contribution in [2.75, 3.05) is 13.2 Å². The molecule has 0 bridgehead atoms. The van der Waals surface area contributed by atoms with Gasteiger partial charge in [0, 0.05) is 19.3 Å². The first-order chi connectivity index (χ1) is 36.0. The second-order valence-corrected chi connectivity index (χ2v) is 20.9. The van der Waals surface area contributed by atoms with Gasteiger partial charge >= 0.3 is 17.9 Å². The molecule has 73 heavy (non-hydrogen) atoms. The molecule has 1 unspecified atom stereocenters. The normalized spacial score (nSPS) is 12.5. The average Bonchev–Trinajstić information content (AvgIpc) is 3.39. The Kier molecular flexibility index (Phi) is 58.7. The molecule has 0 fully saturated rings. The summed E-state index contributed by atoms with van der Waals surface area (Å²) in [5.41, 5.74) is 0. The Morgan fingerprint density at radius 2 is 0.534 bits per heavy atom. The van der Waals surface area contributed by atoms with Crippen molar-refractivity contribution < 1.29 is 28.6 Å². The van der Waals surface area contributed by atoms with Gasteiger partial charge in [-0.2, -0.15) is 0 Å². The number of esters is 3. The molecule has 0 aromatic heterocycles. The quantitative estimate of drug-likeness (QED) is 0.0261. The lowest BCUT2D eigenvalue weighted by Crippen LogP contribution is -2.30. The van der Waals surface area contributed by atoms with E-state index in [2.05, 4.69) is 93.7 Å². The van der Waals surface area contributed by atoms with Crippen molar-refractivity contribution >= 4 is 17.9 Å². The van der Waals surface area contributed by atoms with Gasteiger partial charge in [-0.05, 0) is 89.9 Å². The SMILES string of the molecule is CC/C=C\C/C=C\C/C=C\C/C=C\CCCCC(=O)OCC(COC(=O)CCCCCCCCCCCCCCCCCCCCCCCC)OC(=O)CCCCCCCCC/C=C\C/C=C\CCCCCC. The van der Waals surface area contributed by atoms with Gasteiger partial charge in [0.1, 0.15) is 13.2 Å². The van der Waals surface area contributed by atoms with Gasteiger partial charge in [0.15, 0.2) is 6.10 Å². The summed E-state index contributed by atoms with van der Waals surface area (Å²) < 4.78 is 16.9. The third-order valence-corrected chi connectivity index (χ3v) is 13.7. The molecule has 6 nitrogen and oxygen atoms in total. The van der Waals surface area contributed by atoms with Gasteiger partial charge < -0.3 is 14.2 Å². The second kappa shape index (κ2) is 61.4. The van der Waals surface area contributed by atoms with Gasteiger partial charge in [-0.15, -0.1) is 0 Å². The molecule has 0 aliphatic carbocycles. The van der Waals surface area contributed by atoms with Crippen molar-refractivity contribution in [2.24, 2.45) is 0 Å². The highest BCUT2D eigenvalue weighted by molar-refractivity contribution is 5.71. The monoisotopic (exact) mass is 1020 g/mol. The molecule has 0 aromatic rings. The maximum atomic E-state index is 12.9. The summed E-state index contributed by atoms with van der Waals surface area (Å²) in [6.07, 6.45) is 79.1. The van der Waals surface area contributed by atoms with E-state index in [1.165, 1.54) is 180 Å². The van der Waals surface area contributed by atoms with E-state index in [1.54, 1.807) is 0 Å². The molecule has 0 spiro atoms. The maximum Gasteiger partial charge on any atom is 0.306 e. The first-order valence-electron chi connectivity index (χ1n) is 31.4. The van der Waals surface area contributed by atoms with Crippen LogP contribution in [0.3, 0.4) is 0 Å². The minimum Gasteiger partial charge on any atom is -0.462 e. The van der Waals surface area contributed by atoms with Crippen LogP contribution in [0.4, 0.5) is 0 Å². The Bertz CT molecular complexity index is 1360. The fourth-order valence-corrected chi connectivity index (χ4v) is 9.00. The van der Waals surface area contributed by atoms with E-state index in [4.69, 9.17) is 14.2 Å². The average molecular weight is 1020 g/mol. The lowest BCUT2D eigenvalue weighted by Gasteiger charge is -2.18. The number of carbonyl (C=O) groups is 3. The van der Waals surface area contributed by atoms with Crippen LogP contribution in [-0.4, -0.2) is 37.2 Å². The molecule has 0 heterocycles. The van der Waals surface area contributed by atoms with Crippen molar-refractivity contribution in [2.45, 2.75) is 322 Å². The summed E-state index contributed by atoms with van der Waals surface area (Å²) >= 11 is 0. The Labute approximate surface area is 453 Å². The molecule has 0 amide bonds. The van der Waals surface area contributed by atoms with Crippen molar-refractivity contribution in [3.8, 4) is 0 Å². The van der Waals surface area contributed by atoms with E-state index in [9.17, 15) is 14.4 Å². The van der Waals surface area contributed by atoms with E-state index in [0.29, 0.717) is 19.3 Å². The molecule has 0 rings (SSSR count). The van der Waals surface area contributed by atoms with Crippen LogP contribution in [0.1, 0.15) is 316 Å². The maximum absolute atomic E-state index is 12.9. The molecular weight excluding hydrogens is 901 g/mol. The zero-order valence-electron chi connectivity index (χ0n) is 48.4. The summed E-state index contributed by atoms with van der Waals surface area (Å²) in [6, 6.07) is 0.